The first-order valence-corrected chi connectivity index (χ1v) is 7.92. The Labute approximate surface area is 128 Å². The van der Waals surface area contributed by atoms with Crippen LogP contribution in [0.4, 0.5) is 0 Å². The van der Waals surface area contributed by atoms with Crippen LogP contribution in [0, 0.1) is 0 Å². The molecule has 0 heterocycles. The predicted octanol–water partition coefficient (Wildman–Crippen LogP) is -2.42. The van der Waals surface area contributed by atoms with Gasteiger partial charge in [0.05, 0.1) is 6.61 Å². The van der Waals surface area contributed by atoms with Crippen LogP contribution in [0.3, 0.4) is 0 Å². The molecule has 124 valence electrons. The van der Waals surface area contributed by atoms with Gasteiger partial charge in [0.25, 0.3) is 0 Å². The Morgan fingerprint density at radius 3 is 1.19 bits per heavy atom. The number of carboxylic acids is 3. The molecule has 0 aromatic heterocycles. The minimum absolute atomic E-state index is 0.229. The number of hydrogen-bond donors (Lipinski definition) is 7. The molecule has 0 bridgehead atoms. The van der Waals surface area contributed by atoms with Crippen LogP contribution >= 0.6 is 21.6 Å². The van der Waals surface area contributed by atoms with Crippen LogP contribution in [0.25, 0.3) is 0 Å². The van der Waals surface area contributed by atoms with E-state index in [1.54, 1.807) is 0 Å². The first kappa shape index (κ1) is 22.2. The van der Waals surface area contributed by atoms with E-state index in [9.17, 15) is 14.4 Å². The van der Waals surface area contributed by atoms with E-state index in [-0.39, 0.29) is 11.5 Å². The van der Waals surface area contributed by atoms with E-state index in [0.717, 1.165) is 0 Å². The highest BCUT2D eigenvalue weighted by Gasteiger charge is 2.14. The molecular formula is C9H19N3O7S2. The first-order chi connectivity index (χ1) is 9.63. The summed E-state index contributed by atoms with van der Waals surface area (Å²) >= 11 is 0. The molecule has 0 unspecified atom stereocenters. The molecule has 0 saturated heterocycles. The topological polar surface area (TPSA) is 210 Å². The molecule has 21 heavy (non-hydrogen) atoms. The Kier molecular flexibility index (Phi) is 13.4. The van der Waals surface area contributed by atoms with Gasteiger partial charge in [-0.15, -0.1) is 0 Å². The molecule has 0 aliphatic heterocycles. The SMILES string of the molecule is N[C@@H](CO)C(=O)O.N[C@@H](CSSC[C@H](N)C(=O)O)C(=O)O. The Morgan fingerprint density at radius 1 is 0.762 bits per heavy atom. The second kappa shape index (κ2) is 12.7. The van der Waals surface area contributed by atoms with E-state index < -0.39 is 42.6 Å². The lowest BCUT2D eigenvalue weighted by molar-refractivity contribution is -0.140. The van der Waals surface area contributed by atoms with Gasteiger partial charge in [-0.25, -0.2) is 0 Å². The summed E-state index contributed by atoms with van der Waals surface area (Å²) in [5.74, 6) is -2.86. The predicted molar refractivity (Wildman–Crippen MR) is 78.8 cm³/mol. The Morgan fingerprint density at radius 2 is 1.05 bits per heavy atom. The van der Waals surface area contributed by atoms with Crippen LogP contribution in [-0.2, 0) is 14.4 Å². The van der Waals surface area contributed by atoms with Gasteiger partial charge in [-0.2, -0.15) is 0 Å². The summed E-state index contributed by atoms with van der Waals surface area (Å²) in [7, 11) is 2.41. The van der Waals surface area contributed by atoms with Gasteiger partial charge in [-0.3, -0.25) is 14.4 Å². The molecule has 3 atom stereocenters. The van der Waals surface area contributed by atoms with Crippen LogP contribution in [0.1, 0.15) is 0 Å². The average molecular weight is 345 g/mol. The van der Waals surface area contributed by atoms with Crippen molar-refractivity contribution in [2.75, 3.05) is 18.1 Å². The summed E-state index contributed by atoms with van der Waals surface area (Å²) in [6.45, 7) is -0.505. The molecule has 0 aromatic rings. The molecule has 0 spiro atoms. The van der Waals surface area contributed by atoms with E-state index in [2.05, 4.69) is 0 Å². The lowest BCUT2D eigenvalue weighted by atomic mass is 10.3. The summed E-state index contributed by atoms with van der Waals surface area (Å²) in [6, 6.07) is -2.97. The van der Waals surface area contributed by atoms with E-state index >= 15 is 0 Å². The van der Waals surface area contributed by atoms with E-state index in [1.165, 1.54) is 21.6 Å². The normalized spacial score (nSPS) is 14.3. The molecule has 0 aliphatic carbocycles. The third kappa shape index (κ3) is 13.7. The highest BCUT2D eigenvalue weighted by molar-refractivity contribution is 8.76. The summed E-state index contributed by atoms with van der Waals surface area (Å²) in [5.41, 5.74) is 15.2. The summed E-state index contributed by atoms with van der Waals surface area (Å²) in [6.07, 6.45) is 0. The molecule has 0 rings (SSSR count). The number of carbonyl (C=O) groups is 3. The molecule has 10 N–H and O–H groups in total. The highest BCUT2D eigenvalue weighted by atomic mass is 33.1. The number of hydrogen-bond acceptors (Lipinski definition) is 9. The molecule has 0 radical (unpaired) electrons. The number of carboxylic acid groups (broad SMARTS) is 3. The third-order valence-corrected chi connectivity index (χ3v) is 4.20. The molecule has 0 saturated carbocycles. The minimum Gasteiger partial charge on any atom is -0.480 e. The maximum atomic E-state index is 10.3. The zero-order chi connectivity index (χ0) is 17.0. The second-order valence-corrected chi connectivity index (χ2v) is 6.14. The standard InChI is InChI=1S/C6H12N2O4S2.C3H7NO3/c7-3(5(9)10)1-13-14-2-4(8)6(11)12;4-2(1-5)3(6)7/h3-4H,1-2,7-8H2,(H,9,10)(H,11,12);2,5H,1,4H2,(H,6,7)/t3-,4-;2-/m00/s1. The van der Waals surface area contributed by atoms with Crippen LogP contribution in [-0.4, -0.2) is 74.6 Å². The first-order valence-electron chi connectivity index (χ1n) is 5.43. The zero-order valence-corrected chi connectivity index (χ0v) is 12.5. The average Bonchev–Trinajstić information content (AvgIpc) is 2.42. The van der Waals surface area contributed by atoms with Gasteiger partial charge >= 0.3 is 17.9 Å². The van der Waals surface area contributed by atoms with Crippen molar-refractivity contribution < 1.29 is 34.8 Å². The summed E-state index contributed by atoms with van der Waals surface area (Å²) in [5, 5.41) is 32.7. The fraction of sp³-hybridized carbons (Fsp3) is 0.667. The Balaban J connectivity index is 0. The quantitative estimate of drug-likeness (QED) is 0.172. The minimum atomic E-state index is -1.18. The van der Waals surface area contributed by atoms with Crippen molar-refractivity contribution in [2.45, 2.75) is 18.1 Å². The molecule has 0 aromatic carbocycles. The fourth-order valence-corrected chi connectivity index (χ4v) is 2.69. The van der Waals surface area contributed by atoms with Crippen molar-refractivity contribution in [1.29, 1.82) is 0 Å². The van der Waals surface area contributed by atoms with Crippen molar-refractivity contribution in [1.82, 2.24) is 0 Å². The molecule has 12 heteroatoms. The number of aliphatic carboxylic acids is 3. The summed E-state index contributed by atoms with van der Waals surface area (Å²) < 4.78 is 0. The van der Waals surface area contributed by atoms with Crippen LogP contribution < -0.4 is 17.2 Å². The maximum absolute atomic E-state index is 10.3. The molecular weight excluding hydrogens is 326 g/mol. The molecule has 0 fully saturated rings. The van der Waals surface area contributed by atoms with Crippen molar-refractivity contribution >= 4 is 39.5 Å². The molecule has 0 amide bonds. The van der Waals surface area contributed by atoms with Gasteiger partial charge in [0.1, 0.15) is 18.1 Å². The zero-order valence-electron chi connectivity index (χ0n) is 10.9. The van der Waals surface area contributed by atoms with Gasteiger partial charge in [-0.1, -0.05) is 21.6 Å². The van der Waals surface area contributed by atoms with Crippen molar-refractivity contribution in [3.8, 4) is 0 Å². The van der Waals surface area contributed by atoms with Gasteiger partial charge < -0.3 is 37.6 Å². The highest BCUT2D eigenvalue weighted by Crippen LogP contribution is 2.22. The largest absolute Gasteiger partial charge is 0.480 e. The summed E-state index contributed by atoms with van der Waals surface area (Å²) in [4.78, 5) is 30.2. The van der Waals surface area contributed by atoms with E-state index in [0.29, 0.717) is 0 Å². The molecule has 0 aliphatic rings. The number of aliphatic hydroxyl groups excluding tert-OH is 1. The van der Waals surface area contributed by atoms with Crippen LogP contribution in [0.5, 0.6) is 0 Å². The lowest BCUT2D eigenvalue weighted by Gasteiger charge is -2.07. The van der Waals surface area contributed by atoms with Gasteiger partial charge in [0.15, 0.2) is 0 Å². The number of aliphatic hydroxyl groups is 1. The number of nitrogens with two attached hydrogens (primary N) is 3. The Bertz CT molecular complexity index is 323. The monoisotopic (exact) mass is 345 g/mol. The second-order valence-electron chi connectivity index (χ2n) is 3.59. The van der Waals surface area contributed by atoms with Crippen molar-refractivity contribution in [2.24, 2.45) is 17.2 Å². The van der Waals surface area contributed by atoms with E-state index in [1.807, 2.05) is 0 Å². The molecule has 10 nitrogen and oxygen atoms in total. The maximum Gasteiger partial charge on any atom is 0.322 e. The Hall–Kier alpha value is -1.05. The van der Waals surface area contributed by atoms with Gasteiger partial charge in [0.2, 0.25) is 0 Å². The number of rotatable bonds is 9. The van der Waals surface area contributed by atoms with Gasteiger partial charge in [0, 0.05) is 11.5 Å². The third-order valence-electron chi connectivity index (χ3n) is 1.73. The van der Waals surface area contributed by atoms with E-state index in [4.69, 9.17) is 37.6 Å². The smallest absolute Gasteiger partial charge is 0.322 e. The van der Waals surface area contributed by atoms with Gasteiger partial charge in [-0.05, 0) is 0 Å². The van der Waals surface area contributed by atoms with Crippen molar-refractivity contribution in [3.63, 3.8) is 0 Å². The lowest BCUT2D eigenvalue weighted by Crippen LogP contribution is -2.33. The van der Waals surface area contributed by atoms with Crippen molar-refractivity contribution in [3.05, 3.63) is 0 Å². The van der Waals surface area contributed by atoms with Crippen LogP contribution in [0.2, 0.25) is 0 Å². The fourth-order valence-electron chi connectivity index (χ4n) is 0.464. The van der Waals surface area contributed by atoms with Crippen LogP contribution in [0.15, 0.2) is 0 Å².